The maximum Gasteiger partial charge on any atom is 0.0673 e. The van der Waals surface area contributed by atoms with Crippen molar-refractivity contribution in [1.29, 1.82) is 0 Å². The molecule has 1 saturated heterocycles. The van der Waals surface area contributed by atoms with E-state index in [1.54, 1.807) is 0 Å². The van der Waals surface area contributed by atoms with Crippen LogP contribution in [0.1, 0.15) is 59.8 Å². The molecule has 0 aromatic rings. The number of rotatable bonds is 4. The lowest BCUT2D eigenvalue weighted by molar-refractivity contribution is 0.0583. The fourth-order valence-corrected chi connectivity index (χ4v) is 3.67. The molecule has 20 heavy (non-hydrogen) atoms. The van der Waals surface area contributed by atoms with E-state index in [9.17, 15) is 0 Å². The van der Waals surface area contributed by atoms with Crippen LogP contribution in [0.3, 0.4) is 0 Å². The first-order valence-corrected chi connectivity index (χ1v) is 8.48. The van der Waals surface area contributed by atoms with Crippen molar-refractivity contribution in [2.45, 2.75) is 71.4 Å². The van der Waals surface area contributed by atoms with E-state index in [0.29, 0.717) is 11.5 Å². The lowest BCUT2D eigenvalue weighted by atomic mass is 9.84. The van der Waals surface area contributed by atoms with Gasteiger partial charge in [-0.25, -0.2) is 0 Å². The van der Waals surface area contributed by atoms with Crippen LogP contribution in [0.4, 0.5) is 0 Å². The minimum atomic E-state index is 0.227. The summed E-state index contributed by atoms with van der Waals surface area (Å²) in [6.45, 7) is 14.7. The Morgan fingerprint density at radius 2 is 1.90 bits per heavy atom. The molecule has 1 N–H and O–H groups in total. The average Bonchev–Trinajstić information content (AvgIpc) is 2.71. The molecule has 2 aliphatic rings. The molecule has 2 fully saturated rings. The van der Waals surface area contributed by atoms with Gasteiger partial charge in [-0.3, -0.25) is 0 Å². The number of hydrogen-bond acceptors (Lipinski definition) is 3. The second-order valence-electron chi connectivity index (χ2n) is 8.08. The van der Waals surface area contributed by atoms with Gasteiger partial charge in [-0.15, -0.1) is 0 Å². The third-order valence-corrected chi connectivity index (χ3v) is 4.75. The topological polar surface area (TPSA) is 24.5 Å². The smallest absolute Gasteiger partial charge is 0.0673 e. The summed E-state index contributed by atoms with van der Waals surface area (Å²) in [5, 5.41) is 3.76. The Morgan fingerprint density at radius 3 is 2.55 bits per heavy atom. The third kappa shape index (κ3) is 5.01. The molecule has 0 radical (unpaired) electrons. The number of nitrogens with one attached hydrogen (secondary N) is 1. The molecule has 3 heteroatoms. The van der Waals surface area contributed by atoms with Gasteiger partial charge >= 0.3 is 0 Å². The van der Waals surface area contributed by atoms with Crippen LogP contribution in [0.15, 0.2) is 0 Å². The zero-order valence-electron chi connectivity index (χ0n) is 14.0. The van der Waals surface area contributed by atoms with Crippen molar-refractivity contribution < 1.29 is 4.74 Å². The molecule has 0 amide bonds. The molecule has 118 valence electrons. The van der Waals surface area contributed by atoms with Crippen molar-refractivity contribution >= 4 is 0 Å². The van der Waals surface area contributed by atoms with Crippen molar-refractivity contribution in [1.82, 2.24) is 10.2 Å². The lowest BCUT2D eigenvalue weighted by Crippen LogP contribution is -2.48. The largest absolute Gasteiger partial charge is 0.377 e. The summed E-state index contributed by atoms with van der Waals surface area (Å²) in [5.41, 5.74) is 0.724. The number of hydrogen-bond donors (Lipinski definition) is 1. The summed E-state index contributed by atoms with van der Waals surface area (Å²) in [6, 6.07) is 0. The fourth-order valence-electron chi connectivity index (χ4n) is 3.67. The molecule has 1 aliphatic carbocycles. The zero-order valence-corrected chi connectivity index (χ0v) is 14.0. The summed E-state index contributed by atoms with van der Waals surface area (Å²) in [6.07, 6.45) is 7.18. The molecule has 1 atom stereocenters. The van der Waals surface area contributed by atoms with Gasteiger partial charge in [0.2, 0.25) is 0 Å². The SMILES string of the molecule is CC1CN(CC2(CNC(C)(C)C)CCCC2)CCCO1. The van der Waals surface area contributed by atoms with Crippen LogP contribution in [0.25, 0.3) is 0 Å². The zero-order chi connectivity index (χ0) is 14.6. The van der Waals surface area contributed by atoms with E-state index >= 15 is 0 Å². The Labute approximate surface area is 125 Å². The van der Waals surface area contributed by atoms with E-state index in [1.807, 2.05) is 0 Å². The summed E-state index contributed by atoms with van der Waals surface area (Å²) < 4.78 is 5.79. The van der Waals surface area contributed by atoms with Crippen molar-refractivity contribution in [3.63, 3.8) is 0 Å². The first-order chi connectivity index (χ1) is 9.39. The van der Waals surface area contributed by atoms with Crippen LogP contribution in [-0.4, -0.2) is 49.3 Å². The van der Waals surface area contributed by atoms with E-state index in [-0.39, 0.29) is 5.54 Å². The van der Waals surface area contributed by atoms with Crippen molar-refractivity contribution in [2.75, 3.05) is 32.8 Å². The maximum atomic E-state index is 5.79. The van der Waals surface area contributed by atoms with Crippen LogP contribution >= 0.6 is 0 Å². The molecule has 0 spiro atoms. The molecule has 1 aliphatic heterocycles. The summed E-state index contributed by atoms with van der Waals surface area (Å²) in [7, 11) is 0. The highest BCUT2D eigenvalue weighted by Gasteiger charge is 2.36. The predicted molar refractivity (Wildman–Crippen MR) is 85.1 cm³/mol. The minimum Gasteiger partial charge on any atom is -0.377 e. The normalized spacial score (nSPS) is 28.5. The molecule has 0 bridgehead atoms. The molecule has 0 aromatic carbocycles. The van der Waals surface area contributed by atoms with Gasteiger partial charge in [0, 0.05) is 38.3 Å². The predicted octanol–water partition coefficient (Wildman–Crippen LogP) is 3.05. The fraction of sp³-hybridized carbons (Fsp3) is 1.00. The second kappa shape index (κ2) is 6.76. The van der Waals surface area contributed by atoms with Crippen LogP contribution in [0.5, 0.6) is 0 Å². The van der Waals surface area contributed by atoms with E-state index in [0.717, 1.165) is 13.2 Å². The van der Waals surface area contributed by atoms with E-state index in [2.05, 4.69) is 37.9 Å². The van der Waals surface area contributed by atoms with Crippen LogP contribution in [0, 0.1) is 5.41 Å². The molecule has 1 heterocycles. The monoisotopic (exact) mass is 282 g/mol. The van der Waals surface area contributed by atoms with Gasteiger partial charge in [-0.05, 0) is 52.4 Å². The van der Waals surface area contributed by atoms with Crippen LogP contribution in [-0.2, 0) is 4.74 Å². The highest BCUT2D eigenvalue weighted by molar-refractivity contribution is 4.91. The summed E-state index contributed by atoms with van der Waals surface area (Å²) in [5.74, 6) is 0. The Kier molecular flexibility index (Phi) is 5.49. The van der Waals surface area contributed by atoms with Gasteiger partial charge in [-0.2, -0.15) is 0 Å². The second-order valence-corrected chi connectivity index (χ2v) is 8.08. The Bertz CT molecular complexity index is 292. The number of ether oxygens (including phenoxy) is 1. The summed E-state index contributed by atoms with van der Waals surface area (Å²) in [4.78, 5) is 2.66. The molecular weight excluding hydrogens is 248 g/mol. The Hall–Kier alpha value is -0.120. The van der Waals surface area contributed by atoms with Crippen molar-refractivity contribution in [3.8, 4) is 0 Å². The molecule has 2 rings (SSSR count). The van der Waals surface area contributed by atoms with E-state index in [1.165, 1.54) is 51.7 Å². The molecule has 1 saturated carbocycles. The molecule has 3 nitrogen and oxygen atoms in total. The molecule has 1 unspecified atom stereocenters. The highest BCUT2D eigenvalue weighted by atomic mass is 16.5. The Morgan fingerprint density at radius 1 is 1.20 bits per heavy atom. The average molecular weight is 282 g/mol. The van der Waals surface area contributed by atoms with Gasteiger partial charge in [-0.1, -0.05) is 12.8 Å². The van der Waals surface area contributed by atoms with Crippen LogP contribution < -0.4 is 5.32 Å². The van der Waals surface area contributed by atoms with Gasteiger partial charge in [0.25, 0.3) is 0 Å². The molecule has 0 aromatic heterocycles. The van der Waals surface area contributed by atoms with Gasteiger partial charge in [0.05, 0.1) is 6.10 Å². The first-order valence-electron chi connectivity index (χ1n) is 8.48. The van der Waals surface area contributed by atoms with Gasteiger partial charge in [0.1, 0.15) is 0 Å². The molecular formula is C17H34N2O. The standard InChI is InChI=1S/C17H34N2O/c1-15-12-19(10-7-11-20-15)14-17(8-5-6-9-17)13-18-16(2,3)4/h15,18H,5-14H2,1-4H3. The number of nitrogens with zero attached hydrogens (tertiary/aromatic N) is 1. The minimum absolute atomic E-state index is 0.227. The lowest BCUT2D eigenvalue weighted by Gasteiger charge is -2.38. The first kappa shape index (κ1) is 16.3. The maximum absolute atomic E-state index is 5.79. The van der Waals surface area contributed by atoms with Gasteiger partial charge < -0.3 is 15.0 Å². The van der Waals surface area contributed by atoms with Crippen LogP contribution in [0.2, 0.25) is 0 Å². The van der Waals surface area contributed by atoms with E-state index < -0.39 is 0 Å². The van der Waals surface area contributed by atoms with Gasteiger partial charge in [0.15, 0.2) is 0 Å². The summed E-state index contributed by atoms with van der Waals surface area (Å²) >= 11 is 0. The quantitative estimate of drug-likeness (QED) is 0.858. The van der Waals surface area contributed by atoms with E-state index in [4.69, 9.17) is 4.74 Å². The highest BCUT2D eigenvalue weighted by Crippen LogP contribution is 2.39. The van der Waals surface area contributed by atoms with Crippen molar-refractivity contribution in [3.05, 3.63) is 0 Å². The van der Waals surface area contributed by atoms with Crippen molar-refractivity contribution in [2.24, 2.45) is 5.41 Å². The Balaban J connectivity index is 1.93. The third-order valence-electron chi connectivity index (χ3n) is 4.75.